The summed E-state index contributed by atoms with van der Waals surface area (Å²) < 4.78 is 2.42. The average Bonchev–Trinajstić information content (AvgIpc) is 3.61. The molecule has 0 atom stereocenters. The normalized spacial score (nSPS) is 11.3. The van der Waals surface area contributed by atoms with Crippen LogP contribution < -0.4 is 0 Å². The van der Waals surface area contributed by atoms with Gasteiger partial charge in [-0.1, -0.05) is 185 Å². The van der Waals surface area contributed by atoms with Crippen LogP contribution in [-0.2, 0) is 10.8 Å². The van der Waals surface area contributed by atoms with Gasteiger partial charge in [0.05, 0.1) is 22.4 Å². The second-order valence-corrected chi connectivity index (χ2v) is 16.3. The minimum absolute atomic E-state index is 0.0679. The molecule has 0 aliphatic heterocycles. The fraction of sp³-hybridized carbons (Fsp3) is 0.250. The Bertz CT molecular complexity index is 2460. The lowest BCUT2D eigenvalue weighted by Crippen LogP contribution is -2.10. The molecule has 0 spiro atoms. The molecule has 2 aromatic heterocycles. The lowest BCUT2D eigenvalue weighted by molar-refractivity contribution is 0.590. The van der Waals surface area contributed by atoms with Crippen molar-refractivity contribution in [1.29, 1.82) is 0 Å². The Morgan fingerprint density at radius 3 is 1.32 bits per heavy atom. The lowest BCUT2D eigenvalue weighted by Gasteiger charge is -2.19. The van der Waals surface area contributed by atoms with Crippen molar-refractivity contribution in [1.82, 2.24) is 14.5 Å². The molecule has 0 unspecified atom stereocenters. The number of rotatable bonds is 5. The van der Waals surface area contributed by atoms with Crippen molar-refractivity contribution in [3.8, 4) is 50.7 Å². The monoisotopic (exact) mass is 778 g/mol. The molecule has 8 aromatic rings. The zero-order valence-corrected chi connectivity index (χ0v) is 37.4. The maximum atomic E-state index is 5.07. The van der Waals surface area contributed by atoms with Crippen LogP contribution in [0.1, 0.15) is 94.2 Å². The first-order valence-corrected chi connectivity index (χ1v) is 21.3. The fourth-order valence-corrected chi connectivity index (χ4v) is 6.96. The molecule has 0 saturated carbocycles. The summed E-state index contributed by atoms with van der Waals surface area (Å²) in [4.78, 5) is 10.0. The summed E-state index contributed by atoms with van der Waals surface area (Å²) in [7, 11) is 0. The summed E-state index contributed by atoms with van der Waals surface area (Å²) in [5, 5.41) is 2.60. The van der Waals surface area contributed by atoms with Crippen molar-refractivity contribution in [2.24, 2.45) is 0 Å². The Morgan fingerprint density at radius 2 is 0.847 bits per heavy atom. The number of benzene rings is 6. The maximum absolute atomic E-state index is 5.07. The van der Waals surface area contributed by atoms with Gasteiger partial charge in [-0.15, -0.1) is 0 Å². The maximum Gasteiger partial charge on any atom is 0.160 e. The predicted octanol–water partition coefficient (Wildman–Crippen LogP) is 16.5. The summed E-state index contributed by atoms with van der Waals surface area (Å²) in [6.45, 7) is 25.7. The highest BCUT2D eigenvalue weighted by Crippen LogP contribution is 2.38. The highest BCUT2D eigenvalue weighted by atomic mass is 15.0. The van der Waals surface area contributed by atoms with Gasteiger partial charge in [-0.2, -0.15) is 0 Å². The molecule has 3 heteroatoms. The van der Waals surface area contributed by atoms with Crippen LogP contribution in [0.15, 0.2) is 164 Å². The molecular formula is C56H63N3. The first-order valence-electron chi connectivity index (χ1n) is 21.3. The third kappa shape index (κ3) is 10.2. The fourth-order valence-electron chi connectivity index (χ4n) is 6.96. The molecule has 0 aliphatic rings. The summed E-state index contributed by atoms with van der Waals surface area (Å²) in [6.07, 6.45) is 4.00. The summed E-state index contributed by atoms with van der Waals surface area (Å²) in [6, 6.07) is 54.3. The standard InChI is InChI=1S/C48H43N3.C4H8.2C2H6/c1-47(2,3)37-22-26-44-40(29-37)41-30-38(48(4,5)6)23-27-45(41)51(44)39-24-20-32(21-25-39)35-18-13-19-36(28-35)43-31-42(33-14-9-7-10-15-33)49-46(50-43)34-16-11-8-12-17-34;1-3-4-2;2*1-2/h7-31H,1-6H3;3-4H,1-2H3;2*1-2H3/b;4-3-;;. The van der Waals surface area contributed by atoms with Crippen molar-refractivity contribution in [3.63, 3.8) is 0 Å². The van der Waals surface area contributed by atoms with E-state index in [1.807, 2.05) is 78.0 Å². The minimum Gasteiger partial charge on any atom is -0.309 e. The Hall–Kier alpha value is -6.06. The smallest absolute Gasteiger partial charge is 0.160 e. The predicted molar refractivity (Wildman–Crippen MR) is 259 cm³/mol. The van der Waals surface area contributed by atoms with Gasteiger partial charge in [0.1, 0.15) is 0 Å². The highest BCUT2D eigenvalue weighted by molar-refractivity contribution is 6.10. The van der Waals surface area contributed by atoms with Gasteiger partial charge in [0, 0.05) is 33.2 Å². The third-order valence-corrected chi connectivity index (χ3v) is 10.3. The highest BCUT2D eigenvalue weighted by Gasteiger charge is 2.21. The molecule has 59 heavy (non-hydrogen) atoms. The van der Waals surface area contributed by atoms with Gasteiger partial charge in [-0.3, -0.25) is 0 Å². The first-order chi connectivity index (χ1) is 28.4. The van der Waals surface area contributed by atoms with Crippen LogP contribution in [-0.4, -0.2) is 14.5 Å². The molecule has 0 amide bonds. The number of allylic oxidation sites excluding steroid dienone is 2. The molecule has 302 valence electrons. The second-order valence-electron chi connectivity index (χ2n) is 16.3. The summed E-state index contributed by atoms with van der Waals surface area (Å²) in [5.41, 5.74) is 13.7. The second kappa shape index (κ2) is 19.6. The van der Waals surface area contributed by atoms with E-state index in [1.165, 1.54) is 32.9 Å². The zero-order valence-electron chi connectivity index (χ0n) is 37.4. The van der Waals surface area contributed by atoms with E-state index < -0.39 is 0 Å². The van der Waals surface area contributed by atoms with E-state index >= 15 is 0 Å². The quantitative estimate of drug-likeness (QED) is 0.163. The van der Waals surface area contributed by atoms with Gasteiger partial charge < -0.3 is 4.57 Å². The van der Waals surface area contributed by atoms with Crippen LogP contribution in [0.4, 0.5) is 0 Å². The molecule has 0 saturated heterocycles. The van der Waals surface area contributed by atoms with E-state index in [1.54, 1.807) is 0 Å². The van der Waals surface area contributed by atoms with Crippen LogP contribution in [0.25, 0.3) is 72.5 Å². The molecule has 0 radical (unpaired) electrons. The lowest BCUT2D eigenvalue weighted by atomic mass is 9.85. The van der Waals surface area contributed by atoms with Gasteiger partial charge in [0.25, 0.3) is 0 Å². The van der Waals surface area contributed by atoms with Crippen LogP contribution >= 0.6 is 0 Å². The third-order valence-electron chi connectivity index (χ3n) is 10.3. The topological polar surface area (TPSA) is 30.7 Å². The first kappa shape index (κ1) is 44.1. The van der Waals surface area contributed by atoms with E-state index in [-0.39, 0.29) is 10.8 Å². The zero-order chi connectivity index (χ0) is 42.7. The summed E-state index contributed by atoms with van der Waals surface area (Å²) >= 11 is 0. The number of hydrogen-bond donors (Lipinski definition) is 0. The van der Waals surface area contributed by atoms with Crippen molar-refractivity contribution in [3.05, 3.63) is 175 Å². The van der Waals surface area contributed by atoms with Gasteiger partial charge in [0.2, 0.25) is 0 Å². The molecule has 0 N–H and O–H groups in total. The Kier molecular flexibility index (Phi) is 14.6. The van der Waals surface area contributed by atoms with E-state index in [0.717, 1.165) is 50.7 Å². The van der Waals surface area contributed by atoms with Crippen LogP contribution in [0, 0.1) is 0 Å². The molecule has 0 fully saturated rings. The van der Waals surface area contributed by atoms with Crippen molar-refractivity contribution in [2.75, 3.05) is 0 Å². The van der Waals surface area contributed by atoms with E-state index in [9.17, 15) is 0 Å². The van der Waals surface area contributed by atoms with Gasteiger partial charge in [-0.25, -0.2) is 9.97 Å². The average molecular weight is 778 g/mol. The number of aromatic nitrogens is 3. The van der Waals surface area contributed by atoms with E-state index in [2.05, 4.69) is 174 Å². The SMILES string of the molecule is C/C=C\C.CC.CC.CC(C)(C)c1ccc2c(c1)c1cc(C(C)(C)C)ccc1n2-c1ccc(-c2cccc(-c3cc(-c4ccccc4)nc(-c4ccccc4)n3)c2)cc1. The Balaban J connectivity index is 0.000000771. The number of hydrogen-bond acceptors (Lipinski definition) is 2. The molecule has 8 rings (SSSR count). The van der Waals surface area contributed by atoms with Crippen molar-refractivity contribution >= 4 is 21.8 Å². The number of fused-ring (bicyclic) bond motifs is 3. The Labute approximate surface area is 354 Å². The minimum atomic E-state index is 0.0679. The van der Waals surface area contributed by atoms with Gasteiger partial charge >= 0.3 is 0 Å². The van der Waals surface area contributed by atoms with Crippen molar-refractivity contribution in [2.45, 2.75) is 93.9 Å². The molecule has 3 nitrogen and oxygen atoms in total. The molecule has 0 aliphatic carbocycles. The van der Waals surface area contributed by atoms with Crippen LogP contribution in [0.5, 0.6) is 0 Å². The molecule has 0 bridgehead atoms. The van der Waals surface area contributed by atoms with Crippen molar-refractivity contribution < 1.29 is 0 Å². The van der Waals surface area contributed by atoms with Gasteiger partial charge in [-0.05, 0) is 95.5 Å². The molecular weight excluding hydrogens is 715 g/mol. The number of nitrogens with zero attached hydrogens (tertiary/aromatic N) is 3. The Morgan fingerprint density at radius 1 is 0.407 bits per heavy atom. The van der Waals surface area contributed by atoms with E-state index in [4.69, 9.17) is 9.97 Å². The van der Waals surface area contributed by atoms with E-state index in [0.29, 0.717) is 0 Å². The molecule has 6 aromatic carbocycles. The van der Waals surface area contributed by atoms with Gasteiger partial charge in [0.15, 0.2) is 5.82 Å². The van der Waals surface area contributed by atoms with Crippen LogP contribution in [0.2, 0.25) is 0 Å². The largest absolute Gasteiger partial charge is 0.309 e. The summed E-state index contributed by atoms with van der Waals surface area (Å²) in [5.74, 6) is 0.720. The van der Waals surface area contributed by atoms with Crippen LogP contribution in [0.3, 0.4) is 0 Å². The molecule has 2 heterocycles.